The van der Waals surface area contributed by atoms with Gasteiger partial charge in [0.2, 0.25) is 0 Å². The molecule has 0 unspecified atom stereocenters. The van der Waals surface area contributed by atoms with Gasteiger partial charge in [0.15, 0.2) is 0 Å². The van der Waals surface area contributed by atoms with Gasteiger partial charge in [-0.1, -0.05) is 32.4 Å². The summed E-state index contributed by atoms with van der Waals surface area (Å²) >= 11 is 0. The maximum Gasteiger partial charge on any atom is 0.119 e. The highest BCUT2D eigenvalue weighted by atomic mass is 16.5. The van der Waals surface area contributed by atoms with Gasteiger partial charge < -0.3 is 16.2 Å². The summed E-state index contributed by atoms with van der Waals surface area (Å²) in [5, 5.41) is 0. The largest absolute Gasteiger partial charge is 0.494 e. The first kappa shape index (κ1) is 16.9. The highest BCUT2D eigenvalue weighted by molar-refractivity contribution is 5.41. The lowest BCUT2D eigenvalue weighted by Crippen LogP contribution is -1.96. The highest BCUT2D eigenvalue weighted by Gasteiger charge is 1.91. The van der Waals surface area contributed by atoms with Crippen LogP contribution in [0.5, 0.6) is 5.75 Å². The number of anilines is 2. The van der Waals surface area contributed by atoms with Crippen molar-refractivity contribution in [1.82, 2.24) is 0 Å². The number of aryl methyl sites for hydroxylation is 1. The molecule has 3 heteroatoms. The summed E-state index contributed by atoms with van der Waals surface area (Å²) in [4.78, 5) is 0. The average Bonchev–Trinajstić information content (AvgIpc) is 2.51. The predicted octanol–water partition coefficient (Wildman–Crippen LogP) is 4.28. The Hall–Kier alpha value is -2.16. The summed E-state index contributed by atoms with van der Waals surface area (Å²) in [6.07, 6.45) is 3.35. The number of ether oxygens (including phenoxy) is 1. The number of hydrogen-bond donors (Lipinski definition) is 2. The number of hydrogen-bond acceptors (Lipinski definition) is 3. The van der Waals surface area contributed by atoms with Gasteiger partial charge in [-0.15, -0.1) is 0 Å². The monoisotopic (exact) mass is 286 g/mol. The molecule has 0 aromatic heterocycles. The summed E-state index contributed by atoms with van der Waals surface area (Å²) in [6, 6.07) is 15.4. The Balaban J connectivity index is 0.000000219. The quantitative estimate of drug-likeness (QED) is 0.637. The molecular weight excluding hydrogens is 260 g/mol. The van der Waals surface area contributed by atoms with E-state index in [1.807, 2.05) is 36.4 Å². The second-order valence-electron chi connectivity index (χ2n) is 4.87. The normalized spacial score (nSPS) is 9.62. The summed E-state index contributed by atoms with van der Waals surface area (Å²) in [6.45, 7) is 5.07. The Kier molecular flexibility index (Phi) is 7.80. The summed E-state index contributed by atoms with van der Waals surface area (Å²) in [5.41, 5.74) is 14.0. The minimum atomic E-state index is 0.776. The first-order valence-corrected chi connectivity index (χ1v) is 7.48. The molecule has 0 heterocycles. The van der Waals surface area contributed by atoms with Crippen molar-refractivity contribution in [3.63, 3.8) is 0 Å². The van der Waals surface area contributed by atoms with Gasteiger partial charge in [-0.25, -0.2) is 0 Å². The molecule has 2 aromatic rings. The van der Waals surface area contributed by atoms with Crippen LogP contribution in [0.1, 0.15) is 32.3 Å². The third-order valence-corrected chi connectivity index (χ3v) is 3.03. The smallest absolute Gasteiger partial charge is 0.119 e. The number of nitrogens with two attached hydrogens (primary N) is 2. The van der Waals surface area contributed by atoms with E-state index in [9.17, 15) is 0 Å². The standard InChI is InChI=1S/C10H15NO.C8H11N/c1-2-3-8-12-10-6-4-9(11)5-7-10;1-2-7-3-5-8(9)6-4-7/h4-7H,2-3,8,11H2,1H3;3-6H,2,9H2,1H3. The zero-order chi connectivity index (χ0) is 15.5. The number of nitrogen functional groups attached to an aromatic ring is 2. The molecule has 2 rings (SSSR count). The van der Waals surface area contributed by atoms with Crippen molar-refractivity contribution in [3.8, 4) is 5.75 Å². The van der Waals surface area contributed by atoms with E-state index in [1.165, 1.54) is 5.56 Å². The van der Waals surface area contributed by atoms with Crippen LogP contribution in [0.25, 0.3) is 0 Å². The molecule has 0 aliphatic heterocycles. The third kappa shape index (κ3) is 7.25. The Morgan fingerprint density at radius 3 is 1.81 bits per heavy atom. The fourth-order valence-electron chi connectivity index (χ4n) is 1.65. The lowest BCUT2D eigenvalue weighted by Gasteiger charge is -2.04. The van der Waals surface area contributed by atoms with Gasteiger partial charge in [0.05, 0.1) is 6.61 Å². The van der Waals surface area contributed by atoms with Crippen molar-refractivity contribution in [2.75, 3.05) is 18.1 Å². The molecule has 0 spiro atoms. The lowest BCUT2D eigenvalue weighted by molar-refractivity contribution is 0.309. The van der Waals surface area contributed by atoms with Crippen LogP contribution in [0.15, 0.2) is 48.5 Å². The third-order valence-electron chi connectivity index (χ3n) is 3.03. The number of unbranched alkanes of at least 4 members (excludes halogenated alkanes) is 1. The minimum absolute atomic E-state index is 0.776. The minimum Gasteiger partial charge on any atom is -0.494 e. The van der Waals surface area contributed by atoms with E-state index in [2.05, 4.69) is 26.0 Å². The van der Waals surface area contributed by atoms with Crippen molar-refractivity contribution < 1.29 is 4.74 Å². The van der Waals surface area contributed by atoms with Crippen LogP contribution in [0, 0.1) is 0 Å². The van der Waals surface area contributed by atoms with Crippen molar-refractivity contribution in [2.24, 2.45) is 0 Å². The van der Waals surface area contributed by atoms with E-state index in [0.29, 0.717) is 0 Å². The molecule has 21 heavy (non-hydrogen) atoms. The van der Waals surface area contributed by atoms with E-state index in [0.717, 1.165) is 43.0 Å². The first-order chi connectivity index (χ1) is 10.2. The number of benzene rings is 2. The predicted molar refractivity (Wildman–Crippen MR) is 91.5 cm³/mol. The van der Waals surface area contributed by atoms with E-state index in [1.54, 1.807) is 0 Å². The molecule has 0 aliphatic carbocycles. The van der Waals surface area contributed by atoms with Gasteiger partial charge in [-0.05, 0) is 54.8 Å². The first-order valence-electron chi connectivity index (χ1n) is 7.48. The van der Waals surface area contributed by atoms with E-state index < -0.39 is 0 Å². The Labute approximate surface area is 127 Å². The zero-order valence-electron chi connectivity index (χ0n) is 13.0. The Morgan fingerprint density at radius 1 is 0.810 bits per heavy atom. The van der Waals surface area contributed by atoms with Crippen LogP contribution in [0.2, 0.25) is 0 Å². The highest BCUT2D eigenvalue weighted by Crippen LogP contribution is 2.13. The van der Waals surface area contributed by atoms with Gasteiger partial charge >= 0.3 is 0 Å². The molecule has 0 bridgehead atoms. The molecule has 114 valence electrons. The van der Waals surface area contributed by atoms with Gasteiger partial charge in [0.1, 0.15) is 5.75 Å². The maximum atomic E-state index is 5.53. The second-order valence-corrected chi connectivity index (χ2v) is 4.87. The number of rotatable bonds is 5. The molecule has 4 N–H and O–H groups in total. The van der Waals surface area contributed by atoms with Crippen molar-refractivity contribution in [3.05, 3.63) is 54.1 Å². The molecule has 0 atom stereocenters. The molecule has 0 aliphatic rings. The molecule has 0 radical (unpaired) electrons. The zero-order valence-corrected chi connectivity index (χ0v) is 13.0. The lowest BCUT2D eigenvalue weighted by atomic mass is 10.2. The summed E-state index contributed by atoms with van der Waals surface area (Å²) < 4.78 is 5.45. The molecular formula is C18H26N2O. The molecule has 0 fully saturated rings. The summed E-state index contributed by atoms with van der Waals surface area (Å²) in [5.74, 6) is 0.901. The van der Waals surface area contributed by atoms with Crippen LogP contribution in [-0.4, -0.2) is 6.61 Å². The molecule has 2 aromatic carbocycles. The van der Waals surface area contributed by atoms with Crippen LogP contribution >= 0.6 is 0 Å². The van der Waals surface area contributed by atoms with Crippen molar-refractivity contribution in [1.29, 1.82) is 0 Å². The van der Waals surface area contributed by atoms with Crippen LogP contribution in [0.3, 0.4) is 0 Å². The van der Waals surface area contributed by atoms with Crippen LogP contribution < -0.4 is 16.2 Å². The second kappa shape index (κ2) is 9.70. The van der Waals surface area contributed by atoms with Crippen molar-refractivity contribution >= 4 is 11.4 Å². The van der Waals surface area contributed by atoms with Gasteiger partial charge in [0.25, 0.3) is 0 Å². The average molecular weight is 286 g/mol. The fourth-order valence-corrected chi connectivity index (χ4v) is 1.65. The Morgan fingerprint density at radius 2 is 1.33 bits per heavy atom. The fraction of sp³-hybridized carbons (Fsp3) is 0.333. The molecule has 0 amide bonds. The molecule has 0 saturated carbocycles. The van der Waals surface area contributed by atoms with E-state index in [4.69, 9.17) is 16.2 Å². The van der Waals surface area contributed by atoms with Gasteiger partial charge in [0, 0.05) is 11.4 Å². The van der Waals surface area contributed by atoms with Gasteiger partial charge in [-0.2, -0.15) is 0 Å². The van der Waals surface area contributed by atoms with E-state index in [-0.39, 0.29) is 0 Å². The SMILES string of the molecule is CCCCOc1ccc(N)cc1.CCc1ccc(N)cc1. The Bertz CT molecular complexity index is 492. The molecule has 0 saturated heterocycles. The van der Waals surface area contributed by atoms with Crippen molar-refractivity contribution in [2.45, 2.75) is 33.1 Å². The summed E-state index contributed by atoms with van der Waals surface area (Å²) in [7, 11) is 0. The van der Waals surface area contributed by atoms with E-state index >= 15 is 0 Å². The topological polar surface area (TPSA) is 61.3 Å². The van der Waals surface area contributed by atoms with Gasteiger partial charge in [-0.3, -0.25) is 0 Å². The van der Waals surface area contributed by atoms with Crippen LogP contribution in [0.4, 0.5) is 11.4 Å². The maximum absolute atomic E-state index is 5.53. The van der Waals surface area contributed by atoms with Crippen LogP contribution in [-0.2, 0) is 6.42 Å². The molecule has 3 nitrogen and oxygen atoms in total.